The van der Waals surface area contributed by atoms with Gasteiger partial charge in [-0.2, -0.15) is 10.1 Å². The number of benzene rings is 3. The Morgan fingerprint density at radius 3 is 2.45 bits per heavy atom. The summed E-state index contributed by atoms with van der Waals surface area (Å²) >= 11 is 0. The van der Waals surface area contributed by atoms with Gasteiger partial charge in [0.2, 0.25) is 11.8 Å². The lowest BCUT2D eigenvalue weighted by atomic mass is 10.1. The lowest BCUT2D eigenvalue weighted by Crippen LogP contribution is -2.38. The standard InChI is InChI=1S/C31H27N9O4/c1-42-27-19-22(12-13-26(27)44-28(41)21-39-36-29(33-37-39)23-8-4-2-5-9-23)18-24(20-32)30-34-35-31(38-14-16-43-17-15-38)40(30)25-10-6-3-7-11-25/h2-13,18-19H,14-17,21H2,1H3. The minimum absolute atomic E-state index is 0.207. The van der Waals surface area contributed by atoms with E-state index in [0.29, 0.717) is 60.8 Å². The second-order valence-electron chi connectivity index (χ2n) is 9.66. The average Bonchev–Trinajstić information content (AvgIpc) is 3.73. The van der Waals surface area contributed by atoms with Crippen molar-refractivity contribution in [1.82, 2.24) is 35.0 Å². The number of aromatic nitrogens is 7. The fraction of sp³-hybridized carbons (Fsp3) is 0.194. The predicted molar refractivity (Wildman–Crippen MR) is 160 cm³/mol. The Kier molecular flexibility index (Phi) is 8.33. The zero-order valence-electron chi connectivity index (χ0n) is 23.8. The molecular formula is C31H27N9O4. The van der Waals surface area contributed by atoms with Crippen LogP contribution in [-0.4, -0.2) is 74.4 Å². The van der Waals surface area contributed by atoms with E-state index in [0.717, 1.165) is 11.3 Å². The smallest absolute Gasteiger partial charge is 0.335 e. The quantitative estimate of drug-likeness (QED) is 0.142. The molecule has 0 unspecified atom stereocenters. The molecule has 1 aliphatic heterocycles. The molecule has 13 nitrogen and oxygen atoms in total. The minimum atomic E-state index is -0.604. The first-order valence-electron chi connectivity index (χ1n) is 13.8. The molecule has 0 radical (unpaired) electrons. The Hall–Kier alpha value is -5.87. The predicted octanol–water partition coefficient (Wildman–Crippen LogP) is 3.44. The van der Waals surface area contributed by atoms with E-state index in [4.69, 9.17) is 14.2 Å². The maximum Gasteiger partial charge on any atom is 0.335 e. The van der Waals surface area contributed by atoms with E-state index in [2.05, 4.69) is 36.6 Å². The van der Waals surface area contributed by atoms with Crippen molar-refractivity contribution >= 4 is 23.6 Å². The van der Waals surface area contributed by atoms with Crippen LogP contribution >= 0.6 is 0 Å². The van der Waals surface area contributed by atoms with Crippen LogP contribution in [0.25, 0.3) is 28.7 Å². The summed E-state index contributed by atoms with van der Waals surface area (Å²) in [5, 5.41) is 31.3. The summed E-state index contributed by atoms with van der Waals surface area (Å²) in [6, 6.07) is 26.2. The third-order valence-electron chi connectivity index (χ3n) is 6.79. The normalized spacial score (nSPS) is 13.4. The van der Waals surface area contributed by atoms with Gasteiger partial charge in [0.1, 0.15) is 6.07 Å². The van der Waals surface area contributed by atoms with Gasteiger partial charge in [-0.05, 0) is 41.1 Å². The summed E-state index contributed by atoms with van der Waals surface area (Å²) in [6.07, 6.45) is 1.69. The number of hydrogen-bond donors (Lipinski definition) is 0. The summed E-state index contributed by atoms with van der Waals surface area (Å²) in [4.78, 5) is 16.0. The van der Waals surface area contributed by atoms with Crippen LogP contribution in [0, 0.1) is 11.3 Å². The number of nitrogens with zero attached hydrogens (tertiary/aromatic N) is 9. The second kappa shape index (κ2) is 13.0. The number of allylic oxidation sites excluding steroid dienone is 1. The van der Waals surface area contributed by atoms with Gasteiger partial charge in [0.15, 0.2) is 23.9 Å². The molecule has 1 fully saturated rings. The monoisotopic (exact) mass is 589 g/mol. The molecule has 0 bridgehead atoms. The summed E-state index contributed by atoms with van der Waals surface area (Å²) in [6.45, 7) is 2.24. The number of carbonyl (C=O) groups is 1. The van der Waals surface area contributed by atoms with Crippen LogP contribution in [0.15, 0.2) is 78.9 Å². The number of ether oxygens (including phenoxy) is 3. The Balaban J connectivity index is 1.24. The van der Waals surface area contributed by atoms with E-state index < -0.39 is 5.97 Å². The van der Waals surface area contributed by atoms with E-state index in [1.165, 1.54) is 11.9 Å². The van der Waals surface area contributed by atoms with Gasteiger partial charge in [0, 0.05) is 18.7 Å². The molecule has 13 heteroatoms. The lowest BCUT2D eigenvalue weighted by molar-refractivity contribution is -0.135. The van der Waals surface area contributed by atoms with E-state index >= 15 is 0 Å². The van der Waals surface area contributed by atoms with Gasteiger partial charge >= 0.3 is 5.97 Å². The number of nitriles is 1. The molecule has 0 saturated carbocycles. The first kappa shape index (κ1) is 28.3. The molecule has 0 N–H and O–H groups in total. The number of para-hydroxylation sites is 1. The summed E-state index contributed by atoms with van der Waals surface area (Å²) in [5.41, 5.74) is 2.54. The number of hydrogen-bond acceptors (Lipinski definition) is 11. The van der Waals surface area contributed by atoms with Crippen molar-refractivity contribution in [3.63, 3.8) is 0 Å². The van der Waals surface area contributed by atoms with E-state index in [1.807, 2.05) is 65.2 Å². The lowest BCUT2D eigenvalue weighted by Gasteiger charge is -2.28. The molecule has 5 aromatic rings. The first-order valence-corrected chi connectivity index (χ1v) is 13.8. The topological polar surface area (TPSA) is 146 Å². The molecule has 1 saturated heterocycles. The van der Waals surface area contributed by atoms with Crippen molar-refractivity contribution in [2.75, 3.05) is 38.3 Å². The molecule has 6 rings (SSSR count). The highest BCUT2D eigenvalue weighted by Crippen LogP contribution is 2.31. The van der Waals surface area contributed by atoms with Gasteiger partial charge in [-0.15, -0.1) is 20.4 Å². The Bertz CT molecular complexity index is 1820. The van der Waals surface area contributed by atoms with E-state index in [-0.39, 0.29) is 12.3 Å². The number of anilines is 1. The molecule has 2 aromatic heterocycles. The number of morpholine rings is 1. The third-order valence-corrected chi connectivity index (χ3v) is 6.79. The van der Waals surface area contributed by atoms with Gasteiger partial charge in [0.05, 0.1) is 31.6 Å². The molecule has 0 amide bonds. The minimum Gasteiger partial charge on any atom is -0.493 e. The third kappa shape index (κ3) is 6.15. The molecule has 3 heterocycles. The number of tetrazole rings is 1. The molecule has 0 spiro atoms. The second-order valence-corrected chi connectivity index (χ2v) is 9.66. The van der Waals surface area contributed by atoms with E-state index in [1.54, 1.807) is 24.3 Å². The molecular weight excluding hydrogens is 562 g/mol. The average molecular weight is 590 g/mol. The largest absolute Gasteiger partial charge is 0.493 e. The molecule has 0 aliphatic carbocycles. The zero-order chi connectivity index (χ0) is 30.3. The molecule has 44 heavy (non-hydrogen) atoms. The molecule has 3 aromatic carbocycles. The SMILES string of the molecule is COc1cc(C=C(C#N)c2nnc(N3CCOCC3)n2-c2ccccc2)ccc1OC(=O)Cn1nnc(-c2ccccc2)n1. The number of carbonyl (C=O) groups excluding carboxylic acids is 1. The highest BCUT2D eigenvalue weighted by Gasteiger charge is 2.23. The van der Waals surface area contributed by atoms with Gasteiger partial charge in [-0.1, -0.05) is 54.6 Å². The summed E-state index contributed by atoms with van der Waals surface area (Å²) in [7, 11) is 1.47. The van der Waals surface area contributed by atoms with E-state index in [9.17, 15) is 10.1 Å². The van der Waals surface area contributed by atoms with Crippen molar-refractivity contribution in [2.24, 2.45) is 0 Å². The highest BCUT2D eigenvalue weighted by atomic mass is 16.6. The fourth-order valence-corrected chi connectivity index (χ4v) is 4.69. The van der Waals surface area contributed by atoms with Gasteiger partial charge < -0.3 is 19.1 Å². The molecule has 220 valence electrons. The van der Waals surface area contributed by atoms with Gasteiger partial charge in [-0.3, -0.25) is 4.57 Å². The van der Waals surface area contributed by atoms with Crippen molar-refractivity contribution in [3.05, 3.63) is 90.3 Å². The maximum atomic E-state index is 12.7. The zero-order valence-corrected chi connectivity index (χ0v) is 23.8. The van der Waals surface area contributed by atoms with Crippen LogP contribution in [0.2, 0.25) is 0 Å². The highest BCUT2D eigenvalue weighted by molar-refractivity contribution is 5.88. The first-order chi connectivity index (χ1) is 21.6. The van der Waals surface area contributed by atoms with Crippen molar-refractivity contribution in [2.45, 2.75) is 6.54 Å². The number of esters is 1. The Morgan fingerprint density at radius 1 is 0.977 bits per heavy atom. The van der Waals surface area contributed by atoms with Crippen LogP contribution in [-0.2, 0) is 16.1 Å². The van der Waals surface area contributed by atoms with Crippen LogP contribution in [0.4, 0.5) is 5.95 Å². The molecule has 0 atom stereocenters. The van der Waals surface area contributed by atoms with Crippen LogP contribution in [0.1, 0.15) is 11.4 Å². The fourth-order valence-electron chi connectivity index (χ4n) is 4.69. The number of rotatable bonds is 9. The van der Waals surface area contributed by atoms with Crippen molar-refractivity contribution in [3.8, 4) is 34.6 Å². The molecule has 1 aliphatic rings. The summed E-state index contributed by atoms with van der Waals surface area (Å²) < 4.78 is 18.4. The Labute approximate surface area is 252 Å². The van der Waals surface area contributed by atoms with Gasteiger partial charge in [0.25, 0.3) is 0 Å². The van der Waals surface area contributed by atoms with Crippen LogP contribution < -0.4 is 14.4 Å². The van der Waals surface area contributed by atoms with Crippen molar-refractivity contribution < 1.29 is 19.0 Å². The van der Waals surface area contributed by atoms with Crippen LogP contribution in [0.3, 0.4) is 0 Å². The Morgan fingerprint density at radius 2 is 1.73 bits per heavy atom. The summed E-state index contributed by atoms with van der Waals surface area (Å²) in [5.74, 6) is 1.34. The number of methoxy groups -OCH3 is 1. The maximum absolute atomic E-state index is 12.7. The van der Waals surface area contributed by atoms with Crippen LogP contribution in [0.5, 0.6) is 11.5 Å². The van der Waals surface area contributed by atoms with Crippen molar-refractivity contribution in [1.29, 1.82) is 5.26 Å². The van der Waals surface area contributed by atoms with Gasteiger partial charge in [-0.25, -0.2) is 4.79 Å².